The van der Waals surface area contributed by atoms with Crippen molar-refractivity contribution in [1.82, 2.24) is 15.1 Å². The molecule has 0 aliphatic heterocycles. The van der Waals surface area contributed by atoms with E-state index in [-0.39, 0.29) is 5.41 Å². The Kier molecular flexibility index (Phi) is 3.47. The van der Waals surface area contributed by atoms with Crippen LogP contribution in [0.15, 0.2) is 33.9 Å². The van der Waals surface area contributed by atoms with Crippen molar-refractivity contribution < 1.29 is 4.52 Å². The molecule has 0 spiro atoms. The first kappa shape index (κ1) is 12.1. The molecule has 0 unspecified atom stereocenters. The van der Waals surface area contributed by atoms with E-state index in [4.69, 9.17) is 4.52 Å². The van der Waals surface area contributed by atoms with Gasteiger partial charge in [-0.25, -0.2) is 4.98 Å². The van der Waals surface area contributed by atoms with Gasteiger partial charge in [-0.3, -0.25) is 0 Å². The maximum atomic E-state index is 5.20. The molecular weight excluding hydrogens is 234 g/mol. The minimum atomic E-state index is -0.0720. The summed E-state index contributed by atoms with van der Waals surface area (Å²) >= 11 is 1.59. The van der Waals surface area contributed by atoms with Gasteiger partial charge in [0.2, 0.25) is 5.89 Å². The Morgan fingerprint density at radius 1 is 1.29 bits per heavy atom. The van der Waals surface area contributed by atoms with E-state index in [9.17, 15) is 0 Å². The highest BCUT2D eigenvalue weighted by Gasteiger charge is 2.20. The number of nitrogens with zero attached hydrogens (tertiary/aromatic N) is 3. The SMILES string of the molecule is CC(C)(C)c1noc(CSc2ccccn2)n1. The molecule has 0 bridgehead atoms. The smallest absolute Gasteiger partial charge is 0.237 e. The predicted octanol–water partition coefficient (Wildman–Crippen LogP) is 3.05. The second kappa shape index (κ2) is 4.87. The summed E-state index contributed by atoms with van der Waals surface area (Å²) in [5.41, 5.74) is -0.0720. The van der Waals surface area contributed by atoms with Gasteiger partial charge in [0.05, 0.1) is 10.8 Å². The first-order chi connectivity index (χ1) is 8.05. The van der Waals surface area contributed by atoms with Gasteiger partial charge in [-0.15, -0.1) is 0 Å². The lowest BCUT2D eigenvalue weighted by molar-refractivity contribution is 0.373. The second-order valence-corrected chi connectivity index (χ2v) is 5.71. The Morgan fingerprint density at radius 2 is 2.12 bits per heavy atom. The van der Waals surface area contributed by atoms with Crippen LogP contribution in [-0.2, 0) is 11.2 Å². The molecule has 0 fully saturated rings. The summed E-state index contributed by atoms with van der Waals surface area (Å²) < 4.78 is 5.20. The molecule has 0 saturated carbocycles. The van der Waals surface area contributed by atoms with E-state index in [1.54, 1.807) is 18.0 Å². The van der Waals surface area contributed by atoms with Crippen molar-refractivity contribution in [3.8, 4) is 0 Å². The zero-order valence-electron chi connectivity index (χ0n) is 10.2. The lowest BCUT2D eigenvalue weighted by Gasteiger charge is -2.10. The van der Waals surface area contributed by atoms with Gasteiger partial charge in [0, 0.05) is 11.6 Å². The minimum absolute atomic E-state index is 0.0720. The van der Waals surface area contributed by atoms with E-state index < -0.39 is 0 Å². The van der Waals surface area contributed by atoms with Crippen LogP contribution in [0, 0.1) is 0 Å². The summed E-state index contributed by atoms with van der Waals surface area (Å²) in [4.78, 5) is 8.59. The second-order valence-electron chi connectivity index (χ2n) is 4.72. The molecule has 0 radical (unpaired) electrons. The lowest BCUT2D eigenvalue weighted by atomic mass is 9.96. The fourth-order valence-corrected chi connectivity index (χ4v) is 1.89. The van der Waals surface area contributed by atoms with Crippen LogP contribution in [0.5, 0.6) is 0 Å². The molecule has 2 heterocycles. The molecule has 90 valence electrons. The van der Waals surface area contributed by atoms with E-state index in [0.717, 1.165) is 10.9 Å². The van der Waals surface area contributed by atoms with Crippen LogP contribution in [0.2, 0.25) is 0 Å². The van der Waals surface area contributed by atoms with E-state index in [1.807, 2.05) is 18.2 Å². The molecule has 0 aliphatic rings. The molecule has 0 saturated heterocycles. The molecule has 0 amide bonds. The minimum Gasteiger partial charge on any atom is -0.338 e. The Morgan fingerprint density at radius 3 is 2.71 bits per heavy atom. The van der Waals surface area contributed by atoms with Gasteiger partial charge in [-0.2, -0.15) is 4.98 Å². The van der Waals surface area contributed by atoms with Crippen molar-refractivity contribution in [2.24, 2.45) is 0 Å². The van der Waals surface area contributed by atoms with Gasteiger partial charge >= 0.3 is 0 Å². The summed E-state index contributed by atoms with van der Waals surface area (Å²) in [6, 6.07) is 5.82. The molecule has 2 aromatic heterocycles. The molecule has 2 aromatic rings. The van der Waals surface area contributed by atoms with E-state index in [1.165, 1.54) is 0 Å². The molecule has 0 aromatic carbocycles. The van der Waals surface area contributed by atoms with Gasteiger partial charge in [0.25, 0.3) is 0 Å². The fourth-order valence-electron chi connectivity index (χ4n) is 1.19. The maximum Gasteiger partial charge on any atom is 0.237 e. The monoisotopic (exact) mass is 249 g/mol. The van der Waals surface area contributed by atoms with Gasteiger partial charge in [0.15, 0.2) is 5.82 Å². The maximum absolute atomic E-state index is 5.20. The van der Waals surface area contributed by atoms with Gasteiger partial charge in [-0.1, -0.05) is 43.8 Å². The zero-order valence-corrected chi connectivity index (χ0v) is 11.0. The summed E-state index contributed by atoms with van der Waals surface area (Å²) in [7, 11) is 0. The molecule has 0 N–H and O–H groups in total. The fraction of sp³-hybridized carbons (Fsp3) is 0.417. The molecular formula is C12H15N3OS. The summed E-state index contributed by atoms with van der Waals surface area (Å²) in [5.74, 6) is 2.04. The number of hydrogen-bond donors (Lipinski definition) is 0. The van der Waals surface area contributed by atoms with Crippen molar-refractivity contribution in [3.05, 3.63) is 36.1 Å². The number of aromatic nitrogens is 3. The quantitative estimate of drug-likeness (QED) is 0.782. The van der Waals surface area contributed by atoms with Crippen LogP contribution in [0.3, 0.4) is 0 Å². The van der Waals surface area contributed by atoms with Crippen LogP contribution < -0.4 is 0 Å². The Bertz CT molecular complexity index is 476. The third-order valence-electron chi connectivity index (χ3n) is 2.12. The Labute approximate surface area is 105 Å². The summed E-state index contributed by atoms with van der Waals surface area (Å²) in [5, 5.41) is 4.94. The predicted molar refractivity (Wildman–Crippen MR) is 66.8 cm³/mol. The summed E-state index contributed by atoms with van der Waals surface area (Å²) in [6.07, 6.45) is 1.77. The summed E-state index contributed by atoms with van der Waals surface area (Å²) in [6.45, 7) is 6.19. The standard InChI is InChI=1S/C12H15N3OS/c1-12(2,3)11-14-9(16-15-11)8-17-10-6-4-5-7-13-10/h4-7H,8H2,1-3H3. The van der Waals surface area contributed by atoms with Crippen LogP contribution in [0.4, 0.5) is 0 Å². The zero-order chi connectivity index (χ0) is 12.3. The largest absolute Gasteiger partial charge is 0.338 e. The van der Waals surface area contributed by atoms with Crippen LogP contribution >= 0.6 is 11.8 Å². The topological polar surface area (TPSA) is 51.8 Å². The Hall–Kier alpha value is -1.36. The normalized spacial score (nSPS) is 11.7. The molecule has 0 atom stereocenters. The van der Waals surface area contributed by atoms with Crippen LogP contribution in [0.25, 0.3) is 0 Å². The average Bonchev–Trinajstić information content (AvgIpc) is 2.76. The number of hydrogen-bond acceptors (Lipinski definition) is 5. The molecule has 4 nitrogen and oxygen atoms in total. The first-order valence-corrected chi connectivity index (χ1v) is 6.41. The number of rotatable bonds is 3. The highest BCUT2D eigenvalue weighted by molar-refractivity contribution is 7.98. The van der Waals surface area contributed by atoms with E-state index in [0.29, 0.717) is 11.6 Å². The Balaban J connectivity index is 1.99. The van der Waals surface area contributed by atoms with Crippen molar-refractivity contribution >= 4 is 11.8 Å². The first-order valence-electron chi connectivity index (χ1n) is 5.42. The van der Waals surface area contributed by atoms with Crippen molar-refractivity contribution in [2.45, 2.75) is 37.0 Å². The van der Waals surface area contributed by atoms with Gasteiger partial charge in [0.1, 0.15) is 0 Å². The third kappa shape index (κ3) is 3.30. The van der Waals surface area contributed by atoms with Crippen molar-refractivity contribution in [1.29, 1.82) is 0 Å². The van der Waals surface area contributed by atoms with Crippen LogP contribution in [-0.4, -0.2) is 15.1 Å². The highest BCUT2D eigenvalue weighted by atomic mass is 32.2. The van der Waals surface area contributed by atoms with Crippen molar-refractivity contribution in [2.75, 3.05) is 0 Å². The van der Waals surface area contributed by atoms with E-state index in [2.05, 4.69) is 35.9 Å². The average molecular weight is 249 g/mol. The molecule has 17 heavy (non-hydrogen) atoms. The van der Waals surface area contributed by atoms with Gasteiger partial charge < -0.3 is 4.52 Å². The lowest BCUT2D eigenvalue weighted by Crippen LogP contribution is -2.13. The van der Waals surface area contributed by atoms with E-state index >= 15 is 0 Å². The van der Waals surface area contributed by atoms with Crippen molar-refractivity contribution in [3.63, 3.8) is 0 Å². The van der Waals surface area contributed by atoms with Crippen LogP contribution in [0.1, 0.15) is 32.5 Å². The number of pyridine rings is 1. The third-order valence-corrected chi connectivity index (χ3v) is 3.05. The van der Waals surface area contributed by atoms with Gasteiger partial charge in [-0.05, 0) is 12.1 Å². The highest BCUT2D eigenvalue weighted by Crippen LogP contribution is 2.22. The molecule has 0 aliphatic carbocycles. The molecule has 5 heteroatoms. The molecule has 2 rings (SSSR count). The number of thioether (sulfide) groups is 1.